The molecule has 11 heteroatoms. The summed E-state index contributed by atoms with van der Waals surface area (Å²) in [7, 11) is 1.08. The van der Waals surface area contributed by atoms with Gasteiger partial charge in [-0.3, -0.25) is 9.59 Å². The number of alkyl halides is 3. The molecular weight excluding hydrogens is 489 g/mol. The van der Waals surface area contributed by atoms with Crippen LogP contribution in [0.2, 0.25) is 0 Å². The molecule has 0 radical (unpaired) electrons. The number of aromatic amines is 1. The molecular formula is C26H27F3N4O4. The van der Waals surface area contributed by atoms with Gasteiger partial charge in [0.2, 0.25) is 5.91 Å². The zero-order chi connectivity index (χ0) is 26.6. The van der Waals surface area contributed by atoms with E-state index in [0.717, 1.165) is 29.5 Å². The number of rotatable bonds is 7. The number of ketones is 1. The van der Waals surface area contributed by atoms with Gasteiger partial charge < -0.3 is 19.9 Å². The minimum atomic E-state index is -4.46. The van der Waals surface area contributed by atoms with E-state index in [1.807, 2.05) is 30.3 Å². The molecule has 1 aromatic heterocycles. The zero-order valence-corrected chi connectivity index (χ0v) is 20.2. The fourth-order valence-corrected chi connectivity index (χ4v) is 4.52. The summed E-state index contributed by atoms with van der Waals surface area (Å²) in [6, 6.07) is 5.90. The number of carbonyl (C=O) groups is 3. The Morgan fingerprint density at radius 3 is 2.59 bits per heavy atom. The smallest absolute Gasteiger partial charge is 0.407 e. The number of allylic oxidation sites excluding steroid dienone is 4. The lowest BCUT2D eigenvalue weighted by molar-refractivity contribution is -0.143. The summed E-state index contributed by atoms with van der Waals surface area (Å²) in [5, 5.41) is 2.24. The standard InChI is InChI=1S/C26H27F3N4O4/c1-37-25(36)32-20(12-13-26(27,28)29)24(35)33-14-2-3-22(33)23-30-15-21(31-23)18-6-4-16(5-7-18)17-8-10-19(34)11-9-17/h4-10,15,20,22H,2-3,11-14H2,1H3,(H,30,31)(H,32,36). The number of amides is 2. The maximum Gasteiger partial charge on any atom is 0.407 e. The molecule has 37 heavy (non-hydrogen) atoms. The molecule has 8 nitrogen and oxygen atoms in total. The number of likely N-dealkylation sites (tertiary alicyclic amines) is 1. The lowest BCUT2D eigenvalue weighted by Crippen LogP contribution is -2.48. The second kappa shape index (κ2) is 11.0. The Hall–Kier alpha value is -3.89. The van der Waals surface area contributed by atoms with Crippen molar-refractivity contribution in [2.45, 2.75) is 50.4 Å². The molecule has 1 aromatic carbocycles. The number of aromatic nitrogens is 2. The Bertz CT molecular complexity index is 1220. The van der Waals surface area contributed by atoms with Crippen LogP contribution in [0.25, 0.3) is 16.8 Å². The van der Waals surface area contributed by atoms with Crippen molar-refractivity contribution < 1.29 is 32.3 Å². The van der Waals surface area contributed by atoms with Crippen LogP contribution >= 0.6 is 0 Å². The lowest BCUT2D eigenvalue weighted by Gasteiger charge is -2.28. The first kappa shape index (κ1) is 26.2. The van der Waals surface area contributed by atoms with Gasteiger partial charge in [-0.2, -0.15) is 13.2 Å². The first-order valence-electron chi connectivity index (χ1n) is 11.9. The van der Waals surface area contributed by atoms with Gasteiger partial charge in [-0.05, 0) is 42.0 Å². The highest BCUT2D eigenvalue weighted by Crippen LogP contribution is 2.33. The third-order valence-corrected chi connectivity index (χ3v) is 6.44. The van der Waals surface area contributed by atoms with Gasteiger partial charge >= 0.3 is 12.3 Å². The van der Waals surface area contributed by atoms with E-state index in [0.29, 0.717) is 31.6 Å². The highest BCUT2D eigenvalue weighted by Gasteiger charge is 2.38. The molecule has 2 amide bonds. The highest BCUT2D eigenvalue weighted by molar-refractivity contribution is 5.98. The SMILES string of the molecule is COC(=O)NC(CCC(F)(F)F)C(=O)N1CCCC1c1ncc(-c2ccc(C3=CCC(=O)C=C3)cc2)[nH]1. The van der Waals surface area contributed by atoms with E-state index < -0.39 is 43.1 Å². The molecule has 196 valence electrons. The van der Waals surface area contributed by atoms with Gasteiger partial charge in [0.25, 0.3) is 0 Å². The van der Waals surface area contributed by atoms with E-state index in [9.17, 15) is 27.6 Å². The van der Waals surface area contributed by atoms with Crippen LogP contribution < -0.4 is 5.32 Å². The average Bonchev–Trinajstić information content (AvgIpc) is 3.56. The van der Waals surface area contributed by atoms with Crippen molar-refractivity contribution >= 4 is 23.4 Å². The molecule has 2 N–H and O–H groups in total. The number of methoxy groups -OCH3 is 1. The van der Waals surface area contributed by atoms with Crippen LogP contribution in [0.4, 0.5) is 18.0 Å². The lowest BCUT2D eigenvalue weighted by atomic mass is 9.98. The number of halogens is 3. The fourth-order valence-electron chi connectivity index (χ4n) is 4.52. The molecule has 1 aliphatic carbocycles. The van der Waals surface area contributed by atoms with E-state index in [4.69, 9.17) is 0 Å². The van der Waals surface area contributed by atoms with Crippen molar-refractivity contribution in [3.8, 4) is 11.3 Å². The van der Waals surface area contributed by atoms with E-state index in [1.165, 1.54) is 4.90 Å². The number of benzene rings is 1. The quantitative estimate of drug-likeness (QED) is 0.554. The Kier molecular flexibility index (Phi) is 7.80. The number of imidazole rings is 1. The summed E-state index contributed by atoms with van der Waals surface area (Å²) < 4.78 is 43.0. The molecule has 1 saturated heterocycles. The monoisotopic (exact) mass is 516 g/mol. The second-order valence-corrected chi connectivity index (χ2v) is 8.95. The third kappa shape index (κ3) is 6.46. The highest BCUT2D eigenvalue weighted by atomic mass is 19.4. The number of hydrogen-bond donors (Lipinski definition) is 2. The zero-order valence-electron chi connectivity index (χ0n) is 20.2. The molecule has 2 heterocycles. The maximum atomic E-state index is 13.2. The number of carbonyl (C=O) groups excluding carboxylic acids is 3. The summed E-state index contributed by atoms with van der Waals surface area (Å²) in [6.07, 6.45) is 1.26. The Labute approximate surface area is 211 Å². The van der Waals surface area contributed by atoms with Gasteiger partial charge in [-0.15, -0.1) is 0 Å². The number of ether oxygens (including phenoxy) is 1. The van der Waals surface area contributed by atoms with Crippen molar-refractivity contribution in [2.24, 2.45) is 0 Å². The first-order chi connectivity index (χ1) is 17.6. The largest absolute Gasteiger partial charge is 0.453 e. The van der Waals surface area contributed by atoms with Crippen LogP contribution in [-0.2, 0) is 14.3 Å². The van der Waals surface area contributed by atoms with Gasteiger partial charge in [0.15, 0.2) is 5.78 Å². The predicted octanol–water partition coefficient (Wildman–Crippen LogP) is 4.72. The number of H-pyrrole nitrogens is 1. The summed E-state index contributed by atoms with van der Waals surface area (Å²) in [5.74, 6) is -0.0155. The molecule has 2 aliphatic rings. The summed E-state index contributed by atoms with van der Waals surface area (Å²) >= 11 is 0. The first-order valence-corrected chi connectivity index (χ1v) is 11.9. The molecule has 2 atom stereocenters. The average molecular weight is 517 g/mol. The van der Waals surface area contributed by atoms with E-state index in [1.54, 1.807) is 18.3 Å². The minimum Gasteiger partial charge on any atom is -0.453 e. The van der Waals surface area contributed by atoms with E-state index >= 15 is 0 Å². The van der Waals surface area contributed by atoms with E-state index in [-0.39, 0.29) is 5.78 Å². The Morgan fingerprint density at radius 2 is 1.95 bits per heavy atom. The molecule has 4 rings (SSSR count). The normalized spacial score (nSPS) is 18.5. The molecule has 1 fully saturated rings. The minimum absolute atomic E-state index is 0.0672. The van der Waals surface area contributed by atoms with E-state index in [2.05, 4.69) is 20.0 Å². The van der Waals surface area contributed by atoms with Gasteiger partial charge in [0.1, 0.15) is 11.9 Å². The summed E-state index contributed by atoms with van der Waals surface area (Å²) in [6.45, 7) is 0.338. The third-order valence-electron chi connectivity index (χ3n) is 6.44. The van der Waals surface area contributed by atoms with Crippen molar-refractivity contribution in [1.29, 1.82) is 0 Å². The molecule has 0 spiro atoms. The number of nitrogens with zero attached hydrogens (tertiary/aromatic N) is 2. The van der Waals surface area contributed by atoms with Gasteiger partial charge in [-0.25, -0.2) is 9.78 Å². The number of alkyl carbamates (subject to hydrolysis) is 1. The van der Waals surface area contributed by atoms with Crippen LogP contribution in [0.5, 0.6) is 0 Å². The van der Waals surface area contributed by atoms with Crippen molar-refractivity contribution in [1.82, 2.24) is 20.2 Å². The number of nitrogens with one attached hydrogen (secondary N) is 2. The summed E-state index contributed by atoms with van der Waals surface area (Å²) in [5.41, 5.74) is 3.54. The van der Waals surface area contributed by atoms with Crippen LogP contribution in [0.15, 0.2) is 48.7 Å². The van der Waals surface area contributed by atoms with Gasteiger partial charge in [-0.1, -0.05) is 36.4 Å². The number of hydrogen-bond acceptors (Lipinski definition) is 5. The molecule has 2 unspecified atom stereocenters. The predicted molar refractivity (Wildman–Crippen MR) is 129 cm³/mol. The molecule has 1 aliphatic heterocycles. The van der Waals surface area contributed by atoms with Gasteiger partial charge in [0, 0.05) is 19.4 Å². The molecule has 0 saturated carbocycles. The molecule has 2 aromatic rings. The van der Waals surface area contributed by atoms with Crippen molar-refractivity contribution in [2.75, 3.05) is 13.7 Å². The topological polar surface area (TPSA) is 104 Å². The Morgan fingerprint density at radius 1 is 1.22 bits per heavy atom. The van der Waals surface area contributed by atoms with Crippen LogP contribution in [0.3, 0.4) is 0 Å². The van der Waals surface area contributed by atoms with Crippen LogP contribution in [-0.4, -0.2) is 58.5 Å². The van der Waals surface area contributed by atoms with Gasteiger partial charge in [0.05, 0.1) is 25.0 Å². The van der Waals surface area contributed by atoms with Crippen LogP contribution in [0, 0.1) is 0 Å². The van der Waals surface area contributed by atoms with Crippen LogP contribution in [0.1, 0.15) is 49.5 Å². The van der Waals surface area contributed by atoms with Crippen molar-refractivity contribution in [3.05, 3.63) is 60.1 Å². The maximum absolute atomic E-state index is 13.2. The second-order valence-electron chi connectivity index (χ2n) is 8.95. The van der Waals surface area contributed by atoms with Crippen molar-refractivity contribution in [3.63, 3.8) is 0 Å². The Balaban J connectivity index is 1.48. The fraction of sp³-hybridized carbons (Fsp3) is 0.385. The molecule has 0 bridgehead atoms. The summed E-state index contributed by atoms with van der Waals surface area (Å²) in [4.78, 5) is 45.4.